The van der Waals surface area contributed by atoms with Crippen molar-refractivity contribution in [3.05, 3.63) is 24.0 Å². The highest BCUT2D eigenvalue weighted by molar-refractivity contribution is 6.60. The SMILES string of the molecule is COc1cccc(B(O)OC(C)(C)C(C)(C)O)c1F. The first-order valence-electron chi connectivity index (χ1n) is 6.01. The van der Waals surface area contributed by atoms with Gasteiger partial charge >= 0.3 is 7.12 Å². The normalized spacial score (nSPS) is 12.4. The zero-order valence-corrected chi connectivity index (χ0v) is 11.9. The van der Waals surface area contributed by atoms with Crippen LogP contribution in [0.25, 0.3) is 0 Å². The molecule has 0 spiro atoms. The van der Waals surface area contributed by atoms with Gasteiger partial charge in [-0.15, -0.1) is 0 Å². The zero-order valence-electron chi connectivity index (χ0n) is 11.9. The lowest BCUT2D eigenvalue weighted by molar-refractivity contribution is -0.0983. The number of ether oxygens (including phenoxy) is 1. The van der Waals surface area contributed by atoms with Gasteiger partial charge in [0.15, 0.2) is 11.6 Å². The van der Waals surface area contributed by atoms with Crippen LogP contribution in [0.4, 0.5) is 4.39 Å². The molecular weight excluding hydrogens is 250 g/mol. The highest BCUT2D eigenvalue weighted by atomic mass is 19.1. The summed E-state index contributed by atoms with van der Waals surface area (Å²) >= 11 is 0. The third-order valence-corrected chi connectivity index (χ3v) is 3.36. The van der Waals surface area contributed by atoms with E-state index in [1.165, 1.54) is 19.2 Å². The number of benzene rings is 1. The van der Waals surface area contributed by atoms with Crippen LogP contribution in [0.1, 0.15) is 27.7 Å². The van der Waals surface area contributed by atoms with Gasteiger partial charge in [0.1, 0.15) is 0 Å². The van der Waals surface area contributed by atoms with Crippen molar-refractivity contribution >= 4 is 12.6 Å². The maximum Gasteiger partial charge on any atom is 0.494 e. The summed E-state index contributed by atoms with van der Waals surface area (Å²) in [7, 11) is -0.146. The van der Waals surface area contributed by atoms with E-state index in [2.05, 4.69) is 0 Å². The van der Waals surface area contributed by atoms with Crippen LogP contribution in [0.3, 0.4) is 0 Å². The molecule has 0 unspecified atom stereocenters. The molecule has 0 bridgehead atoms. The Morgan fingerprint density at radius 2 is 1.79 bits per heavy atom. The van der Waals surface area contributed by atoms with E-state index >= 15 is 0 Å². The van der Waals surface area contributed by atoms with Crippen molar-refractivity contribution in [2.24, 2.45) is 0 Å². The summed E-state index contributed by atoms with van der Waals surface area (Å²) in [5.74, 6) is -0.648. The van der Waals surface area contributed by atoms with Crippen molar-refractivity contribution in [1.29, 1.82) is 0 Å². The minimum atomic E-state index is -1.49. The molecule has 0 aliphatic heterocycles. The molecule has 4 nitrogen and oxygen atoms in total. The van der Waals surface area contributed by atoms with Crippen LogP contribution in [0, 0.1) is 5.82 Å². The molecular formula is C13H20BFO4. The second-order valence-electron chi connectivity index (χ2n) is 5.40. The molecule has 2 N–H and O–H groups in total. The van der Waals surface area contributed by atoms with Gasteiger partial charge in [0, 0.05) is 5.46 Å². The molecule has 1 aromatic carbocycles. The second-order valence-corrected chi connectivity index (χ2v) is 5.40. The van der Waals surface area contributed by atoms with Gasteiger partial charge in [0.25, 0.3) is 0 Å². The minimum Gasteiger partial charge on any atom is -0.494 e. The van der Waals surface area contributed by atoms with Crippen LogP contribution in [0.5, 0.6) is 5.75 Å². The van der Waals surface area contributed by atoms with Crippen LogP contribution < -0.4 is 10.2 Å². The van der Waals surface area contributed by atoms with Crippen molar-refractivity contribution in [2.75, 3.05) is 7.11 Å². The fourth-order valence-electron chi connectivity index (χ4n) is 1.36. The van der Waals surface area contributed by atoms with Gasteiger partial charge in [-0.25, -0.2) is 4.39 Å². The van der Waals surface area contributed by atoms with E-state index in [0.29, 0.717) is 0 Å². The van der Waals surface area contributed by atoms with Gasteiger partial charge in [-0.2, -0.15) is 0 Å². The summed E-state index contributed by atoms with van der Waals surface area (Å²) < 4.78 is 24.2. The molecule has 1 aromatic rings. The third-order valence-electron chi connectivity index (χ3n) is 3.36. The Bertz CT molecular complexity index is 443. The van der Waals surface area contributed by atoms with Gasteiger partial charge in [0.2, 0.25) is 0 Å². The summed E-state index contributed by atoms with van der Waals surface area (Å²) in [4.78, 5) is 0. The Balaban J connectivity index is 2.99. The Kier molecular flexibility index (Phi) is 4.61. The molecule has 0 amide bonds. The lowest BCUT2D eigenvalue weighted by Crippen LogP contribution is -2.53. The molecule has 19 heavy (non-hydrogen) atoms. The molecule has 0 aromatic heterocycles. The molecule has 0 aliphatic rings. The summed E-state index contributed by atoms with van der Waals surface area (Å²) in [6.07, 6.45) is 0. The second kappa shape index (κ2) is 5.49. The quantitative estimate of drug-likeness (QED) is 0.786. The fourth-order valence-corrected chi connectivity index (χ4v) is 1.36. The minimum absolute atomic E-state index is 0.0289. The van der Waals surface area contributed by atoms with Gasteiger partial charge in [-0.05, 0) is 33.8 Å². The van der Waals surface area contributed by atoms with E-state index in [-0.39, 0.29) is 11.2 Å². The first-order valence-corrected chi connectivity index (χ1v) is 6.01. The van der Waals surface area contributed by atoms with Gasteiger partial charge in [0.05, 0.1) is 18.3 Å². The van der Waals surface area contributed by atoms with Crippen LogP contribution in [0.15, 0.2) is 18.2 Å². The van der Waals surface area contributed by atoms with E-state index in [0.717, 1.165) is 0 Å². The maximum absolute atomic E-state index is 14.0. The molecule has 6 heteroatoms. The van der Waals surface area contributed by atoms with Crippen molar-refractivity contribution in [3.8, 4) is 5.75 Å². The number of hydrogen-bond donors (Lipinski definition) is 2. The first-order chi connectivity index (χ1) is 8.60. The van der Waals surface area contributed by atoms with Crippen LogP contribution >= 0.6 is 0 Å². The lowest BCUT2D eigenvalue weighted by atomic mass is 9.76. The summed E-state index contributed by atoms with van der Waals surface area (Å²) in [5.41, 5.74) is -2.28. The fraction of sp³-hybridized carbons (Fsp3) is 0.538. The highest BCUT2D eigenvalue weighted by Crippen LogP contribution is 2.25. The largest absolute Gasteiger partial charge is 0.494 e. The van der Waals surface area contributed by atoms with Gasteiger partial charge in [-0.1, -0.05) is 12.1 Å². The number of hydrogen-bond acceptors (Lipinski definition) is 4. The van der Waals surface area contributed by atoms with Crippen molar-refractivity contribution in [3.63, 3.8) is 0 Å². The highest BCUT2D eigenvalue weighted by Gasteiger charge is 2.40. The predicted octanol–water partition coefficient (Wildman–Crippen LogP) is 1.09. The average molecular weight is 270 g/mol. The molecule has 1 rings (SSSR count). The summed E-state index contributed by atoms with van der Waals surface area (Å²) in [5, 5.41) is 19.9. The smallest absolute Gasteiger partial charge is 0.494 e. The monoisotopic (exact) mass is 270 g/mol. The van der Waals surface area contributed by atoms with E-state index < -0.39 is 24.1 Å². The predicted molar refractivity (Wildman–Crippen MR) is 72.0 cm³/mol. The standard InChI is InChI=1S/C13H20BFO4/c1-12(2,16)13(3,4)19-14(17)9-7-6-8-10(18-5)11(9)15/h6-8,16-17H,1-5H3. The molecule has 0 atom stereocenters. The van der Waals surface area contributed by atoms with Gasteiger partial charge in [-0.3, -0.25) is 0 Å². The Labute approximate surface area is 113 Å². The molecule has 0 aliphatic carbocycles. The molecule has 0 saturated carbocycles. The van der Waals surface area contributed by atoms with E-state index in [9.17, 15) is 14.5 Å². The van der Waals surface area contributed by atoms with Crippen LogP contribution in [-0.2, 0) is 4.65 Å². The zero-order chi connectivity index (χ0) is 14.8. The van der Waals surface area contributed by atoms with Crippen molar-refractivity contribution in [2.45, 2.75) is 38.9 Å². The maximum atomic E-state index is 14.0. The molecule has 0 radical (unpaired) electrons. The van der Waals surface area contributed by atoms with Crippen LogP contribution in [0.2, 0.25) is 0 Å². The Morgan fingerprint density at radius 3 is 2.26 bits per heavy atom. The molecule has 0 heterocycles. The van der Waals surface area contributed by atoms with E-state index in [1.54, 1.807) is 33.8 Å². The lowest BCUT2D eigenvalue weighted by Gasteiger charge is -2.38. The first kappa shape index (κ1) is 16.0. The Morgan fingerprint density at radius 1 is 1.21 bits per heavy atom. The number of methoxy groups -OCH3 is 1. The average Bonchev–Trinajstić information content (AvgIpc) is 2.27. The molecule has 106 valence electrons. The third kappa shape index (κ3) is 3.46. The number of halogens is 1. The van der Waals surface area contributed by atoms with E-state index in [4.69, 9.17) is 9.39 Å². The molecule has 0 saturated heterocycles. The number of rotatable bonds is 5. The topological polar surface area (TPSA) is 58.9 Å². The van der Waals surface area contributed by atoms with Crippen LogP contribution in [-0.4, -0.2) is 35.6 Å². The van der Waals surface area contributed by atoms with Crippen molar-refractivity contribution < 1.29 is 23.9 Å². The summed E-state index contributed by atoms with van der Waals surface area (Å²) in [6, 6.07) is 4.41. The van der Waals surface area contributed by atoms with E-state index in [1.807, 2.05) is 0 Å². The molecule has 0 fully saturated rings. The van der Waals surface area contributed by atoms with Gasteiger partial charge < -0.3 is 19.5 Å². The number of aliphatic hydroxyl groups is 1. The Hall–Kier alpha value is -1.11. The summed E-state index contributed by atoms with van der Waals surface area (Å²) in [6.45, 7) is 6.35. The van der Waals surface area contributed by atoms with Crippen molar-refractivity contribution in [1.82, 2.24) is 0 Å².